The van der Waals surface area contributed by atoms with Crippen LogP contribution in [-0.2, 0) is 6.42 Å². The van der Waals surface area contributed by atoms with Gasteiger partial charge in [0.05, 0.1) is 0 Å². The number of aryl methyl sites for hydroxylation is 2. The standard InChI is InChI=1S/C12H17N.ClH/c1-8-6-9(2)10-4-3-5-12(13)11(10)7-8;/h6-7,12H,3-5,13H2,1-2H3;1H/t12-;/m1./s1. The van der Waals surface area contributed by atoms with Crippen molar-refractivity contribution in [2.75, 3.05) is 0 Å². The molecular formula is C12H18ClN. The minimum absolute atomic E-state index is 0. The van der Waals surface area contributed by atoms with Gasteiger partial charge < -0.3 is 5.73 Å². The first-order chi connectivity index (χ1) is 6.18. The predicted molar refractivity (Wildman–Crippen MR) is 63.0 cm³/mol. The third-order valence-electron chi connectivity index (χ3n) is 2.99. The number of fused-ring (bicyclic) bond motifs is 1. The van der Waals surface area contributed by atoms with Gasteiger partial charge in [-0.3, -0.25) is 0 Å². The molecule has 0 radical (unpaired) electrons. The summed E-state index contributed by atoms with van der Waals surface area (Å²) < 4.78 is 0. The van der Waals surface area contributed by atoms with E-state index in [2.05, 4.69) is 26.0 Å². The summed E-state index contributed by atoms with van der Waals surface area (Å²) in [6.45, 7) is 4.35. The van der Waals surface area contributed by atoms with Gasteiger partial charge >= 0.3 is 0 Å². The van der Waals surface area contributed by atoms with Crippen LogP contribution in [0.3, 0.4) is 0 Å². The quantitative estimate of drug-likeness (QED) is 0.702. The molecule has 2 N–H and O–H groups in total. The zero-order valence-electron chi connectivity index (χ0n) is 8.84. The molecule has 0 fully saturated rings. The maximum absolute atomic E-state index is 6.08. The number of halogens is 1. The van der Waals surface area contributed by atoms with Crippen molar-refractivity contribution >= 4 is 12.4 Å². The molecule has 1 aromatic carbocycles. The van der Waals surface area contributed by atoms with Crippen molar-refractivity contribution in [3.8, 4) is 0 Å². The molecule has 78 valence electrons. The molecule has 1 atom stereocenters. The van der Waals surface area contributed by atoms with E-state index in [1.807, 2.05) is 0 Å². The van der Waals surface area contributed by atoms with E-state index in [4.69, 9.17) is 5.73 Å². The number of nitrogens with two attached hydrogens (primary N) is 1. The van der Waals surface area contributed by atoms with Gasteiger partial charge in [0.15, 0.2) is 0 Å². The molecular weight excluding hydrogens is 194 g/mol. The van der Waals surface area contributed by atoms with Gasteiger partial charge in [-0.2, -0.15) is 0 Å². The van der Waals surface area contributed by atoms with Gasteiger partial charge in [-0.1, -0.05) is 17.7 Å². The average Bonchev–Trinajstić information content (AvgIpc) is 2.07. The van der Waals surface area contributed by atoms with E-state index in [-0.39, 0.29) is 18.4 Å². The van der Waals surface area contributed by atoms with E-state index < -0.39 is 0 Å². The summed E-state index contributed by atoms with van der Waals surface area (Å²) in [5, 5.41) is 0. The lowest BCUT2D eigenvalue weighted by Crippen LogP contribution is -2.18. The zero-order chi connectivity index (χ0) is 9.42. The van der Waals surface area contributed by atoms with Crippen molar-refractivity contribution in [2.24, 2.45) is 5.73 Å². The highest BCUT2D eigenvalue weighted by molar-refractivity contribution is 5.85. The minimum Gasteiger partial charge on any atom is -0.324 e. The van der Waals surface area contributed by atoms with Crippen molar-refractivity contribution in [2.45, 2.75) is 39.2 Å². The van der Waals surface area contributed by atoms with Crippen LogP contribution in [0.25, 0.3) is 0 Å². The molecule has 2 rings (SSSR count). The summed E-state index contributed by atoms with van der Waals surface area (Å²) in [6, 6.07) is 4.80. The van der Waals surface area contributed by atoms with Crippen LogP contribution in [0.4, 0.5) is 0 Å². The lowest BCUT2D eigenvalue weighted by molar-refractivity contribution is 0.568. The number of rotatable bonds is 0. The molecule has 1 aromatic rings. The predicted octanol–water partition coefficient (Wildman–Crippen LogP) is 3.06. The van der Waals surface area contributed by atoms with E-state index in [0.29, 0.717) is 0 Å². The van der Waals surface area contributed by atoms with Crippen LogP contribution in [0, 0.1) is 13.8 Å². The van der Waals surface area contributed by atoms with Gasteiger partial charge in [0.1, 0.15) is 0 Å². The number of benzene rings is 1. The van der Waals surface area contributed by atoms with Gasteiger partial charge in [-0.25, -0.2) is 0 Å². The Morgan fingerprint density at radius 2 is 2.00 bits per heavy atom. The Balaban J connectivity index is 0.000000980. The SMILES string of the molecule is Cc1cc(C)c2c(c1)[C@H](N)CCC2.Cl. The smallest absolute Gasteiger partial charge is 0.0297 e. The van der Waals surface area contributed by atoms with Crippen molar-refractivity contribution in [3.05, 3.63) is 34.4 Å². The molecule has 1 aliphatic rings. The first-order valence-electron chi connectivity index (χ1n) is 5.04. The molecule has 14 heavy (non-hydrogen) atoms. The fourth-order valence-corrected chi connectivity index (χ4v) is 2.36. The summed E-state index contributed by atoms with van der Waals surface area (Å²) in [5.41, 5.74) is 11.7. The largest absolute Gasteiger partial charge is 0.324 e. The second kappa shape index (κ2) is 4.33. The van der Waals surface area contributed by atoms with Crippen LogP contribution in [0.2, 0.25) is 0 Å². The van der Waals surface area contributed by atoms with Gasteiger partial charge in [-0.15, -0.1) is 12.4 Å². The summed E-state index contributed by atoms with van der Waals surface area (Å²) >= 11 is 0. The first kappa shape index (κ1) is 11.5. The Morgan fingerprint density at radius 3 is 2.71 bits per heavy atom. The first-order valence-corrected chi connectivity index (χ1v) is 5.04. The summed E-state index contributed by atoms with van der Waals surface area (Å²) in [7, 11) is 0. The number of hydrogen-bond donors (Lipinski definition) is 1. The molecule has 0 aliphatic heterocycles. The van der Waals surface area contributed by atoms with Crippen molar-refractivity contribution in [1.82, 2.24) is 0 Å². The monoisotopic (exact) mass is 211 g/mol. The molecule has 1 nitrogen and oxygen atoms in total. The molecule has 0 spiro atoms. The maximum Gasteiger partial charge on any atom is 0.0297 e. The third-order valence-corrected chi connectivity index (χ3v) is 2.99. The molecule has 0 amide bonds. The van der Waals surface area contributed by atoms with Crippen molar-refractivity contribution in [1.29, 1.82) is 0 Å². The van der Waals surface area contributed by atoms with Gasteiger partial charge in [0.25, 0.3) is 0 Å². The Bertz CT molecular complexity index is 333. The van der Waals surface area contributed by atoms with E-state index in [0.717, 1.165) is 6.42 Å². The van der Waals surface area contributed by atoms with E-state index in [1.54, 1.807) is 0 Å². The molecule has 0 bridgehead atoms. The third kappa shape index (κ3) is 1.94. The fraction of sp³-hybridized carbons (Fsp3) is 0.500. The highest BCUT2D eigenvalue weighted by Gasteiger charge is 2.18. The zero-order valence-corrected chi connectivity index (χ0v) is 9.66. The van der Waals surface area contributed by atoms with Crippen LogP contribution in [0.5, 0.6) is 0 Å². The van der Waals surface area contributed by atoms with Crippen LogP contribution < -0.4 is 5.73 Å². The number of hydrogen-bond acceptors (Lipinski definition) is 1. The highest BCUT2D eigenvalue weighted by atomic mass is 35.5. The van der Waals surface area contributed by atoms with Crippen LogP contribution in [0.1, 0.15) is 41.1 Å². The molecule has 0 heterocycles. The highest BCUT2D eigenvalue weighted by Crippen LogP contribution is 2.30. The lowest BCUT2D eigenvalue weighted by Gasteiger charge is -2.24. The summed E-state index contributed by atoms with van der Waals surface area (Å²) in [5.74, 6) is 0. The van der Waals surface area contributed by atoms with Crippen molar-refractivity contribution in [3.63, 3.8) is 0 Å². The lowest BCUT2D eigenvalue weighted by atomic mass is 9.84. The Kier molecular flexibility index (Phi) is 3.57. The topological polar surface area (TPSA) is 26.0 Å². The molecule has 0 unspecified atom stereocenters. The Hall–Kier alpha value is -0.530. The Labute approximate surface area is 92.1 Å². The van der Waals surface area contributed by atoms with Crippen LogP contribution >= 0.6 is 12.4 Å². The molecule has 1 aliphatic carbocycles. The molecule has 0 saturated heterocycles. The average molecular weight is 212 g/mol. The normalized spacial score (nSPS) is 19.8. The fourth-order valence-electron chi connectivity index (χ4n) is 2.36. The second-order valence-electron chi connectivity index (χ2n) is 4.15. The van der Waals surface area contributed by atoms with E-state index in [9.17, 15) is 0 Å². The van der Waals surface area contributed by atoms with Crippen molar-refractivity contribution < 1.29 is 0 Å². The van der Waals surface area contributed by atoms with Crippen LogP contribution in [0.15, 0.2) is 12.1 Å². The van der Waals surface area contributed by atoms with Gasteiger partial charge in [-0.05, 0) is 49.8 Å². The minimum atomic E-state index is 0. The molecule has 2 heteroatoms. The molecule has 0 saturated carbocycles. The maximum atomic E-state index is 6.08. The summed E-state index contributed by atoms with van der Waals surface area (Å²) in [6.07, 6.45) is 3.61. The molecule has 0 aromatic heterocycles. The van der Waals surface area contributed by atoms with E-state index in [1.165, 1.54) is 35.1 Å². The van der Waals surface area contributed by atoms with Gasteiger partial charge in [0, 0.05) is 6.04 Å². The van der Waals surface area contributed by atoms with Crippen LogP contribution in [-0.4, -0.2) is 0 Å². The Morgan fingerprint density at radius 1 is 1.29 bits per heavy atom. The van der Waals surface area contributed by atoms with Gasteiger partial charge in [0.2, 0.25) is 0 Å². The second-order valence-corrected chi connectivity index (χ2v) is 4.15. The van der Waals surface area contributed by atoms with E-state index >= 15 is 0 Å². The summed E-state index contributed by atoms with van der Waals surface area (Å²) in [4.78, 5) is 0.